The molecule has 2 aliphatic rings. The quantitative estimate of drug-likeness (QED) is 0.564. The van der Waals surface area contributed by atoms with Gasteiger partial charge in [0, 0.05) is 39.3 Å². The average molecular weight is 299 g/mol. The van der Waals surface area contributed by atoms with Crippen molar-refractivity contribution in [3.8, 4) is 0 Å². The monoisotopic (exact) mass is 299 g/mol. The normalized spacial score (nSPS) is 22.6. The highest BCUT2D eigenvalue weighted by atomic mass is 32.2. The molecule has 2 fully saturated rings. The van der Waals surface area contributed by atoms with Gasteiger partial charge in [0.15, 0.2) is 0 Å². The number of esters is 1. The molecule has 7 heteroatoms. The van der Waals surface area contributed by atoms with Crippen molar-refractivity contribution in [3.63, 3.8) is 0 Å². The third kappa shape index (κ3) is 4.22. The van der Waals surface area contributed by atoms with Gasteiger partial charge in [-0.15, -0.1) is 0 Å². The SMILES string of the molecule is CCOC(=O)C=C1SCC(=O)N1CCN1CCNCC1. The number of hydrogen-bond donors (Lipinski definition) is 1. The van der Waals surface area contributed by atoms with Crippen molar-refractivity contribution in [2.24, 2.45) is 0 Å². The molecule has 0 bridgehead atoms. The first-order valence-electron chi connectivity index (χ1n) is 6.95. The number of nitrogens with zero attached hydrogens (tertiary/aromatic N) is 2. The number of thioether (sulfide) groups is 1. The number of nitrogens with one attached hydrogen (secondary N) is 1. The molecular weight excluding hydrogens is 278 g/mol. The summed E-state index contributed by atoms with van der Waals surface area (Å²) in [5.74, 6) is 0.102. The van der Waals surface area contributed by atoms with Crippen LogP contribution in [0.25, 0.3) is 0 Å². The van der Waals surface area contributed by atoms with Gasteiger partial charge in [0.05, 0.1) is 23.5 Å². The summed E-state index contributed by atoms with van der Waals surface area (Å²) in [7, 11) is 0. The van der Waals surface area contributed by atoms with E-state index in [1.807, 2.05) is 0 Å². The summed E-state index contributed by atoms with van der Waals surface area (Å²) >= 11 is 1.41. The standard InChI is InChI=1S/C13H21N3O3S/c1-2-19-13(18)9-12-16(11(17)10-20-12)8-7-15-5-3-14-4-6-15/h9,14H,2-8,10H2,1H3. The number of ether oxygens (including phenoxy) is 1. The average Bonchev–Trinajstić information content (AvgIpc) is 2.78. The molecule has 2 rings (SSSR count). The van der Waals surface area contributed by atoms with E-state index in [2.05, 4.69) is 10.2 Å². The van der Waals surface area contributed by atoms with Gasteiger partial charge in [-0.3, -0.25) is 9.69 Å². The molecule has 0 aliphatic carbocycles. The van der Waals surface area contributed by atoms with E-state index in [1.165, 1.54) is 17.8 Å². The minimum atomic E-state index is -0.378. The number of hydrogen-bond acceptors (Lipinski definition) is 6. The predicted molar refractivity (Wildman–Crippen MR) is 78.2 cm³/mol. The summed E-state index contributed by atoms with van der Waals surface area (Å²) < 4.78 is 4.90. The van der Waals surface area contributed by atoms with E-state index in [0.29, 0.717) is 23.9 Å². The lowest BCUT2D eigenvalue weighted by Crippen LogP contribution is -2.46. The van der Waals surface area contributed by atoms with Crippen LogP contribution in [0.1, 0.15) is 6.92 Å². The van der Waals surface area contributed by atoms with Crippen molar-refractivity contribution in [3.05, 3.63) is 11.1 Å². The van der Waals surface area contributed by atoms with E-state index >= 15 is 0 Å². The van der Waals surface area contributed by atoms with Crippen LogP contribution in [0.3, 0.4) is 0 Å². The van der Waals surface area contributed by atoms with Crippen LogP contribution in [0.15, 0.2) is 11.1 Å². The Hall–Kier alpha value is -1.05. The van der Waals surface area contributed by atoms with Gasteiger partial charge < -0.3 is 15.0 Å². The second kappa shape index (κ2) is 7.66. The van der Waals surface area contributed by atoms with Crippen molar-refractivity contribution >= 4 is 23.6 Å². The van der Waals surface area contributed by atoms with Crippen LogP contribution in [0.4, 0.5) is 0 Å². The molecule has 0 aromatic heterocycles. The highest BCUT2D eigenvalue weighted by Gasteiger charge is 2.27. The minimum absolute atomic E-state index is 0.0701. The summed E-state index contributed by atoms with van der Waals surface area (Å²) in [5, 5.41) is 4.01. The van der Waals surface area contributed by atoms with Crippen LogP contribution in [-0.4, -0.2) is 73.3 Å². The maximum atomic E-state index is 11.9. The van der Waals surface area contributed by atoms with Crippen LogP contribution in [-0.2, 0) is 14.3 Å². The van der Waals surface area contributed by atoms with E-state index in [0.717, 1.165) is 32.7 Å². The Morgan fingerprint density at radius 1 is 1.40 bits per heavy atom. The fraction of sp³-hybridized carbons (Fsp3) is 0.692. The molecule has 1 N–H and O–H groups in total. The molecule has 1 amide bonds. The molecule has 0 atom stereocenters. The third-order valence-corrected chi connectivity index (χ3v) is 4.31. The van der Waals surface area contributed by atoms with Gasteiger partial charge in [0.25, 0.3) is 0 Å². The molecule has 0 radical (unpaired) electrons. The van der Waals surface area contributed by atoms with E-state index in [-0.39, 0.29) is 11.9 Å². The summed E-state index contributed by atoms with van der Waals surface area (Å²) in [6, 6.07) is 0. The van der Waals surface area contributed by atoms with E-state index in [9.17, 15) is 9.59 Å². The van der Waals surface area contributed by atoms with E-state index in [1.54, 1.807) is 11.8 Å². The molecule has 0 aromatic rings. The lowest BCUT2D eigenvalue weighted by atomic mass is 10.3. The van der Waals surface area contributed by atoms with Crippen molar-refractivity contribution in [1.29, 1.82) is 0 Å². The first-order chi connectivity index (χ1) is 9.70. The molecule has 0 saturated carbocycles. The topological polar surface area (TPSA) is 61.9 Å². The van der Waals surface area contributed by atoms with Gasteiger partial charge in [0.2, 0.25) is 5.91 Å². The van der Waals surface area contributed by atoms with Gasteiger partial charge >= 0.3 is 5.97 Å². The molecule has 0 unspecified atom stereocenters. The molecule has 0 spiro atoms. The largest absolute Gasteiger partial charge is 0.463 e. The summed E-state index contributed by atoms with van der Waals surface area (Å²) in [4.78, 5) is 27.4. The molecule has 2 heterocycles. The molecule has 112 valence electrons. The number of carbonyl (C=O) groups excluding carboxylic acids is 2. The maximum absolute atomic E-state index is 11.9. The second-order valence-electron chi connectivity index (χ2n) is 4.66. The lowest BCUT2D eigenvalue weighted by Gasteiger charge is -2.29. The fourth-order valence-corrected chi connectivity index (χ4v) is 3.19. The highest BCUT2D eigenvalue weighted by Crippen LogP contribution is 2.28. The zero-order valence-corrected chi connectivity index (χ0v) is 12.6. The number of carbonyl (C=O) groups is 2. The number of piperazine rings is 1. The van der Waals surface area contributed by atoms with E-state index < -0.39 is 0 Å². The Balaban J connectivity index is 1.89. The summed E-state index contributed by atoms with van der Waals surface area (Å²) in [5.41, 5.74) is 0. The number of rotatable bonds is 5. The maximum Gasteiger partial charge on any atom is 0.333 e. The van der Waals surface area contributed by atoms with Gasteiger partial charge in [-0.1, -0.05) is 11.8 Å². The van der Waals surface area contributed by atoms with Crippen LogP contribution >= 0.6 is 11.8 Å². The molecule has 2 aliphatic heterocycles. The first kappa shape index (κ1) is 15.3. The molecular formula is C13H21N3O3S. The summed E-state index contributed by atoms with van der Waals surface area (Å²) in [6.07, 6.45) is 1.43. The Morgan fingerprint density at radius 3 is 2.85 bits per heavy atom. The van der Waals surface area contributed by atoms with E-state index in [4.69, 9.17) is 4.74 Å². The zero-order valence-electron chi connectivity index (χ0n) is 11.8. The van der Waals surface area contributed by atoms with Crippen molar-refractivity contribution in [2.75, 3.05) is 51.6 Å². The predicted octanol–water partition coefficient (Wildman–Crippen LogP) is -0.128. The molecule has 0 aromatic carbocycles. The van der Waals surface area contributed by atoms with Crippen LogP contribution in [0, 0.1) is 0 Å². The fourth-order valence-electron chi connectivity index (χ4n) is 2.23. The summed E-state index contributed by atoms with van der Waals surface area (Å²) in [6.45, 7) is 7.60. The lowest BCUT2D eigenvalue weighted by molar-refractivity contribution is -0.137. The highest BCUT2D eigenvalue weighted by molar-refractivity contribution is 8.04. The van der Waals surface area contributed by atoms with Crippen molar-refractivity contribution in [2.45, 2.75) is 6.92 Å². The van der Waals surface area contributed by atoms with Gasteiger partial charge in [-0.25, -0.2) is 4.79 Å². The van der Waals surface area contributed by atoms with Crippen LogP contribution < -0.4 is 5.32 Å². The Bertz CT molecular complexity index is 394. The van der Waals surface area contributed by atoms with Crippen molar-refractivity contribution < 1.29 is 14.3 Å². The Morgan fingerprint density at radius 2 is 2.15 bits per heavy atom. The first-order valence-corrected chi connectivity index (χ1v) is 7.94. The van der Waals surface area contributed by atoms with Crippen LogP contribution in [0.2, 0.25) is 0 Å². The molecule has 20 heavy (non-hydrogen) atoms. The van der Waals surface area contributed by atoms with Crippen molar-refractivity contribution in [1.82, 2.24) is 15.1 Å². The number of amides is 1. The van der Waals surface area contributed by atoms with Gasteiger partial charge in [-0.2, -0.15) is 0 Å². The zero-order chi connectivity index (χ0) is 14.4. The smallest absolute Gasteiger partial charge is 0.333 e. The Labute approximate surface area is 123 Å². The minimum Gasteiger partial charge on any atom is -0.463 e. The van der Waals surface area contributed by atoms with Gasteiger partial charge in [-0.05, 0) is 6.92 Å². The van der Waals surface area contributed by atoms with Gasteiger partial charge in [0.1, 0.15) is 0 Å². The Kier molecular flexibility index (Phi) is 5.87. The second-order valence-corrected chi connectivity index (χ2v) is 5.66. The molecule has 6 nitrogen and oxygen atoms in total. The third-order valence-electron chi connectivity index (χ3n) is 3.29. The molecule has 2 saturated heterocycles. The van der Waals surface area contributed by atoms with Crippen LogP contribution in [0.5, 0.6) is 0 Å².